The molecule has 1 aliphatic rings. The van der Waals surface area contributed by atoms with Crippen molar-refractivity contribution < 1.29 is 36.4 Å². The molecule has 18 heteroatoms. The van der Waals surface area contributed by atoms with Crippen LogP contribution in [0.15, 0.2) is 28.9 Å². The maximum Gasteiger partial charge on any atom is 0.418 e. The molecule has 7 N–H and O–H groups in total. The molecule has 2 amide bonds. The number of nitrogens with two attached hydrogens (primary N) is 2. The highest BCUT2D eigenvalue weighted by Gasteiger charge is 2.58. The van der Waals surface area contributed by atoms with Crippen LogP contribution in [0.25, 0.3) is 0 Å². The highest BCUT2D eigenvalue weighted by atomic mass is 32.3. The van der Waals surface area contributed by atoms with Gasteiger partial charge in [0, 0.05) is 23.2 Å². The Morgan fingerprint density at radius 2 is 2.14 bits per heavy atom. The lowest BCUT2D eigenvalue weighted by molar-refractivity contribution is -0.218. The molecular weight excluding hydrogens is 520 g/mol. The van der Waals surface area contributed by atoms with Crippen molar-refractivity contribution in [3.8, 4) is 5.88 Å². The van der Waals surface area contributed by atoms with E-state index in [2.05, 4.69) is 24.7 Å². The molecule has 0 radical (unpaired) electrons. The van der Waals surface area contributed by atoms with Gasteiger partial charge in [-0.05, 0) is 19.9 Å². The van der Waals surface area contributed by atoms with E-state index in [1.165, 1.54) is 31.5 Å². The number of aromatic nitrogens is 2. The molecule has 1 aliphatic heterocycles. The summed E-state index contributed by atoms with van der Waals surface area (Å²) in [4.78, 5) is 38.4. The fourth-order valence-corrected chi connectivity index (χ4v) is 3.97. The molecule has 2 aromatic rings. The van der Waals surface area contributed by atoms with Crippen molar-refractivity contribution in [2.45, 2.75) is 25.4 Å². The van der Waals surface area contributed by atoms with Gasteiger partial charge in [0.15, 0.2) is 17.5 Å². The number of nitrogens with zero attached hydrogens (tertiary/aromatic N) is 4. The van der Waals surface area contributed by atoms with Crippen LogP contribution in [0.5, 0.6) is 5.88 Å². The number of hydrogen-bond donors (Lipinski definition) is 5. The number of pyridine rings is 1. The Bertz CT molecular complexity index is 1310. The van der Waals surface area contributed by atoms with Crippen LogP contribution in [0.2, 0.25) is 0 Å². The molecule has 3 rings (SSSR count). The Morgan fingerprint density at radius 1 is 1.42 bits per heavy atom. The molecule has 0 spiro atoms. The summed E-state index contributed by atoms with van der Waals surface area (Å²) in [5.74, 6) is -1.74. The SMILES string of the molecule is CC1(C)C(NC(=O)C(=NOCCOc2cc(C(=N)N)ccn2)c2csc(N)n2)C(=O)N1OS(=O)(=O)O. The van der Waals surface area contributed by atoms with Crippen LogP contribution >= 0.6 is 11.3 Å². The number of oxime groups is 1. The van der Waals surface area contributed by atoms with E-state index >= 15 is 0 Å². The van der Waals surface area contributed by atoms with Crippen molar-refractivity contribution in [1.82, 2.24) is 20.3 Å². The molecule has 16 nitrogen and oxygen atoms in total. The van der Waals surface area contributed by atoms with Gasteiger partial charge in [-0.25, -0.2) is 9.97 Å². The standard InChI is InChI=1S/C18H22N8O8S2/c1-18(2)13(16(28)26(18)34-36(29,30)31)24-15(27)12(10-8-35-17(21)23-10)25-33-6-5-32-11-7-9(14(19)20)3-4-22-11/h3-4,7-8,13H,5-6H2,1-2H3,(H3,19,20)(H2,21,23)(H,24,27)(H,29,30,31). The second kappa shape index (κ2) is 10.4. The van der Waals surface area contributed by atoms with Crippen LogP contribution in [0.4, 0.5) is 5.13 Å². The van der Waals surface area contributed by atoms with E-state index in [1.807, 2.05) is 0 Å². The minimum atomic E-state index is -4.95. The number of carbonyl (C=O) groups excluding carboxylic acids is 2. The summed E-state index contributed by atoms with van der Waals surface area (Å²) >= 11 is 1.04. The summed E-state index contributed by atoms with van der Waals surface area (Å²) in [6.45, 7) is 2.67. The summed E-state index contributed by atoms with van der Waals surface area (Å²) in [6, 6.07) is 1.80. The van der Waals surface area contributed by atoms with Gasteiger partial charge in [0.2, 0.25) is 5.88 Å². The Morgan fingerprint density at radius 3 is 2.72 bits per heavy atom. The van der Waals surface area contributed by atoms with Crippen LogP contribution in [0.3, 0.4) is 0 Å². The number of amides is 2. The molecule has 0 saturated carbocycles. The first-order valence-electron chi connectivity index (χ1n) is 9.96. The number of amidine groups is 1. The van der Waals surface area contributed by atoms with Gasteiger partial charge >= 0.3 is 10.4 Å². The summed E-state index contributed by atoms with van der Waals surface area (Å²) in [6.07, 6.45) is 1.42. The normalized spacial score (nSPS) is 17.3. The third-order valence-corrected chi connectivity index (χ3v) is 5.74. The number of hydrogen-bond acceptors (Lipinski definition) is 13. The van der Waals surface area contributed by atoms with Gasteiger partial charge < -0.3 is 26.4 Å². The highest BCUT2D eigenvalue weighted by Crippen LogP contribution is 2.32. The number of hydroxylamine groups is 2. The predicted octanol–water partition coefficient (Wildman–Crippen LogP) is -0.956. The summed E-state index contributed by atoms with van der Waals surface area (Å²) < 4.78 is 40.4. The summed E-state index contributed by atoms with van der Waals surface area (Å²) in [5, 5.41) is 15.7. The lowest BCUT2D eigenvalue weighted by atomic mass is 9.84. The third-order valence-electron chi connectivity index (χ3n) is 4.73. The van der Waals surface area contributed by atoms with Crippen LogP contribution in [-0.2, 0) is 29.1 Å². The molecule has 1 saturated heterocycles. The van der Waals surface area contributed by atoms with Crippen molar-refractivity contribution in [3.63, 3.8) is 0 Å². The summed E-state index contributed by atoms with van der Waals surface area (Å²) in [7, 11) is -4.95. The zero-order valence-electron chi connectivity index (χ0n) is 18.9. The van der Waals surface area contributed by atoms with Crippen molar-refractivity contribution in [2.75, 3.05) is 18.9 Å². The van der Waals surface area contributed by atoms with Gasteiger partial charge in [-0.1, -0.05) is 5.16 Å². The van der Waals surface area contributed by atoms with E-state index in [0.29, 0.717) is 10.6 Å². The lowest BCUT2D eigenvalue weighted by Crippen LogP contribution is -2.76. The van der Waals surface area contributed by atoms with Gasteiger partial charge in [-0.15, -0.1) is 15.6 Å². The second-order valence-corrected chi connectivity index (χ2v) is 9.58. The molecule has 1 unspecified atom stereocenters. The maximum atomic E-state index is 12.9. The average molecular weight is 543 g/mol. The molecule has 0 aliphatic carbocycles. The molecule has 3 heterocycles. The molecule has 2 aromatic heterocycles. The van der Waals surface area contributed by atoms with Gasteiger partial charge in [0.1, 0.15) is 24.2 Å². The largest absolute Gasteiger partial charge is 0.474 e. The van der Waals surface area contributed by atoms with Gasteiger partial charge in [-0.3, -0.25) is 19.6 Å². The van der Waals surface area contributed by atoms with Crippen molar-refractivity contribution in [3.05, 3.63) is 35.0 Å². The average Bonchev–Trinajstić information content (AvgIpc) is 3.23. The topological polar surface area (TPSA) is 246 Å². The molecule has 1 atom stereocenters. The van der Waals surface area contributed by atoms with Gasteiger partial charge in [-0.2, -0.15) is 13.5 Å². The number of β-lactam (4-membered cyclic amide) rings is 1. The van der Waals surface area contributed by atoms with Crippen molar-refractivity contribution >= 4 is 50.2 Å². The monoisotopic (exact) mass is 542 g/mol. The number of nitrogen functional groups attached to an aromatic ring is 2. The number of nitrogens with one attached hydrogen (secondary N) is 2. The van der Waals surface area contributed by atoms with E-state index in [4.69, 9.17) is 31.0 Å². The van der Waals surface area contributed by atoms with E-state index < -0.39 is 33.8 Å². The first kappa shape index (κ1) is 26.7. The third kappa shape index (κ3) is 6.22. The lowest BCUT2D eigenvalue weighted by Gasteiger charge is -2.50. The van der Waals surface area contributed by atoms with Crippen molar-refractivity contribution in [2.24, 2.45) is 10.9 Å². The van der Waals surface area contributed by atoms with Crippen LogP contribution in [0, 0.1) is 5.41 Å². The Labute approximate surface area is 208 Å². The fourth-order valence-electron chi connectivity index (χ4n) is 2.97. The maximum absolute atomic E-state index is 12.9. The quantitative estimate of drug-likeness (QED) is 0.0575. The summed E-state index contributed by atoms with van der Waals surface area (Å²) in [5.41, 5.74) is 9.93. The van der Waals surface area contributed by atoms with E-state index in [-0.39, 0.29) is 41.5 Å². The van der Waals surface area contributed by atoms with E-state index in [9.17, 15) is 18.0 Å². The van der Waals surface area contributed by atoms with Crippen LogP contribution in [-0.4, -0.2) is 76.2 Å². The first-order chi connectivity index (χ1) is 16.8. The number of carbonyl (C=O) groups is 2. The Balaban J connectivity index is 1.65. The van der Waals surface area contributed by atoms with Gasteiger partial charge in [0.25, 0.3) is 11.8 Å². The zero-order chi connectivity index (χ0) is 26.7. The second-order valence-electron chi connectivity index (χ2n) is 7.68. The van der Waals surface area contributed by atoms with Crippen LogP contribution < -0.4 is 21.5 Å². The minimum absolute atomic E-state index is 0.0258. The molecule has 0 bridgehead atoms. The van der Waals surface area contributed by atoms with E-state index in [0.717, 1.165) is 11.3 Å². The van der Waals surface area contributed by atoms with E-state index in [1.54, 1.807) is 6.07 Å². The minimum Gasteiger partial charge on any atom is -0.474 e. The zero-order valence-corrected chi connectivity index (χ0v) is 20.5. The van der Waals surface area contributed by atoms with Crippen LogP contribution in [0.1, 0.15) is 25.1 Å². The molecule has 36 heavy (non-hydrogen) atoms. The number of thiazole rings is 1. The molecule has 0 aromatic carbocycles. The number of anilines is 1. The first-order valence-corrected chi connectivity index (χ1v) is 12.2. The Hall–Kier alpha value is -3.87. The Kier molecular flexibility index (Phi) is 7.72. The molecule has 1 fully saturated rings. The molecule has 194 valence electrons. The fraction of sp³-hybridized carbons (Fsp3) is 0.333. The van der Waals surface area contributed by atoms with Gasteiger partial charge in [0.05, 0.1) is 5.54 Å². The van der Waals surface area contributed by atoms with Crippen molar-refractivity contribution in [1.29, 1.82) is 5.41 Å². The molecular formula is C18H22N8O8S2. The smallest absolute Gasteiger partial charge is 0.418 e. The number of rotatable bonds is 11. The number of ether oxygens (including phenoxy) is 1. The highest BCUT2D eigenvalue weighted by molar-refractivity contribution is 7.80. The predicted molar refractivity (Wildman–Crippen MR) is 125 cm³/mol.